The number of hydrogen-bond donors (Lipinski definition) is 0. The number of tetrazole rings is 1. The van der Waals surface area contributed by atoms with E-state index in [0.29, 0.717) is 32.0 Å². The number of hydrogen-bond acceptors (Lipinski definition) is 5. The van der Waals surface area contributed by atoms with Crippen LogP contribution in [-0.2, 0) is 16.1 Å². The largest absolute Gasteiger partial charge is 0.342 e. The topological polar surface area (TPSA) is 84.2 Å². The van der Waals surface area contributed by atoms with Gasteiger partial charge in [-0.15, -0.1) is 5.10 Å². The van der Waals surface area contributed by atoms with Crippen molar-refractivity contribution < 1.29 is 9.59 Å². The van der Waals surface area contributed by atoms with Crippen molar-refractivity contribution in [3.63, 3.8) is 0 Å². The first-order valence-electron chi connectivity index (χ1n) is 10.9. The molecule has 1 unspecified atom stereocenters. The van der Waals surface area contributed by atoms with Gasteiger partial charge in [-0.2, -0.15) is 0 Å². The summed E-state index contributed by atoms with van der Waals surface area (Å²) in [6, 6.07) is 0. The third kappa shape index (κ3) is 4.20. The van der Waals surface area contributed by atoms with Gasteiger partial charge in [0.1, 0.15) is 6.33 Å². The van der Waals surface area contributed by atoms with Crippen molar-refractivity contribution in [2.45, 2.75) is 70.8 Å². The van der Waals surface area contributed by atoms with Crippen LogP contribution in [0.1, 0.15) is 64.2 Å². The Labute approximate surface area is 166 Å². The van der Waals surface area contributed by atoms with Crippen LogP contribution in [0.2, 0.25) is 0 Å². The predicted molar refractivity (Wildman–Crippen MR) is 103 cm³/mol. The number of carbonyl (C=O) groups excluding carboxylic acids is 2. The summed E-state index contributed by atoms with van der Waals surface area (Å²) in [6.45, 7) is 3.55. The summed E-state index contributed by atoms with van der Waals surface area (Å²) in [4.78, 5) is 29.9. The second-order valence-corrected chi connectivity index (χ2v) is 8.86. The van der Waals surface area contributed by atoms with Crippen LogP contribution in [0.15, 0.2) is 6.33 Å². The van der Waals surface area contributed by atoms with E-state index in [-0.39, 0.29) is 11.3 Å². The minimum absolute atomic E-state index is 0.0968. The number of aryl methyl sites for hydroxylation is 1. The number of carbonyl (C=O) groups is 2. The highest BCUT2D eigenvalue weighted by atomic mass is 16.2. The van der Waals surface area contributed by atoms with Crippen molar-refractivity contribution in [3.8, 4) is 0 Å². The first-order valence-corrected chi connectivity index (χ1v) is 10.9. The van der Waals surface area contributed by atoms with E-state index in [1.54, 1.807) is 4.68 Å². The Morgan fingerprint density at radius 1 is 1.11 bits per heavy atom. The Bertz CT molecular complexity index is 672. The molecule has 1 aliphatic carbocycles. The van der Waals surface area contributed by atoms with Crippen LogP contribution in [0.3, 0.4) is 0 Å². The Morgan fingerprint density at radius 2 is 1.96 bits per heavy atom. The third-order valence-corrected chi connectivity index (χ3v) is 7.01. The van der Waals surface area contributed by atoms with Crippen LogP contribution < -0.4 is 0 Å². The Morgan fingerprint density at radius 3 is 2.75 bits per heavy atom. The first-order chi connectivity index (χ1) is 13.7. The fraction of sp³-hybridized carbons (Fsp3) is 0.850. The SMILES string of the molecule is O=C(CCn1cnnn1)N1CCC2(CCCN(CCC3CCCCC3)C2=O)C1. The molecule has 3 heterocycles. The van der Waals surface area contributed by atoms with E-state index in [4.69, 9.17) is 0 Å². The maximum atomic E-state index is 13.3. The van der Waals surface area contributed by atoms with Gasteiger partial charge in [-0.05, 0) is 42.0 Å². The minimum Gasteiger partial charge on any atom is -0.342 e. The molecular formula is C20H32N6O2. The monoisotopic (exact) mass is 388 g/mol. The Hall–Kier alpha value is -1.99. The highest BCUT2D eigenvalue weighted by Gasteiger charge is 2.49. The standard InChI is InChI=1S/C20H32N6O2/c27-18(8-13-26-16-21-22-23-26)25-14-10-20(15-25)9-4-11-24(19(20)28)12-7-17-5-2-1-3-6-17/h16-17H,1-15H2. The van der Waals surface area contributed by atoms with Gasteiger partial charge in [0.25, 0.3) is 0 Å². The number of piperidine rings is 1. The molecule has 2 saturated heterocycles. The van der Waals surface area contributed by atoms with Crippen LogP contribution in [0.25, 0.3) is 0 Å². The molecule has 3 fully saturated rings. The van der Waals surface area contributed by atoms with Crippen LogP contribution in [0.5, 0.6) is 0 Å². The summed E-state index contributed by atoms with van der Waals surface area (Å²) >= 11 is 0. The maximum Gasteiger partial charge on any atom is 0.230 e. The zero-order valence-corrected chi connectivity index (χ0v) is 16.8. The Kier molecular flexibility index (Phi) is 5.92. The van der Waals surface area contributed by atoms with Crippen LogP contribution >= 0.6 is 0 Å². The molecule has 0 N–H and O–H groups in total. The van der Waals surface area contributed by atoms with Gasteiger partial charge in [-0.1, -0.05) is 32.1 Å². The van der Waals surface area contributed by atoms with Gasteiger partial charge in [-0.3, -0.25) is 9.59 Å². The van der Waals surface area contributed by atoms with E-state index in [1.165, 1.54) is 38.4 Å². The Balaban J connectivity index is 1.29. The van der Waals surface area contributed by atoms with E-state index in [0.717, 1.165) is 44.7 Å². The molecule has 8 nitrogen and oxygen atoms in total. The van der Waals surface area contributed by atoms with Gasteiger partial charge < -0.3 is 9.80 Å². The number of amides is 2. The molecule has 1 spiro atoms. The summed E-state index contributed by atoms with van der Waals surface area (Å²) in [5.41, 5.74) is -0.338. The zero-order valence-electron chi connectivity index (χ0n) is 16.8. The van der Waals surface area contributed by atoms with Crippen molar-refractivity contribution in [3.05, 3.63) is 6.33 Å². The molecule has 2 aliphatic heterocycles. The average Bonchev–Trinajstić information content (AvgIpc) is 3.39. The van der Waals surface area contributed by atoms with Crippen LogP contribution in [0.4, 0.5) is 0 Å². The molecule has 28 heavy (non-hydrogen) atoms. The molecular weight excluding hydrogens is 356 g/mol. The molecule has 8 heteroatoms. The first kappa shape index (κ1) is 19.3. The molecule has 3 aliphatic rings. The average molecular weight is 389 g/mol. The van der Waals surface area contributed by atoms with Crippen molar-refractivity contribution >= 4 is 11.8 Å². The van der Waals surface area contributed by atoms with Crippen molar-refractivity contribution in [1.29, 1.82) is 0 Å². The van der Waals surface area contributed by atoms with Gasteiger partial charge in [0, 0.05) is 32.6 Å². The second-order valence-electron chi connectivity index (χ2n) is 8.86. The van der Waals surface area contributed by atoms with Gasteiger partial charge >= 0.3 is 0 Å². The molecule has 1 atom stereocenters. The second kappa shape index (κ2) is 8.57. The minimum atomic E-state index is -0.338. The lowest BCUT2D eigenvalue weighted by Gasteiger charge is -2.40. The summed E-state index contributed by atoms with van der Waals surface area (Å²) in [7, 11) is 0. The molecule has 0 bridgehead atoms. The highest BCUT2D eigenvalue weighted by molar-refractivity contribution is 5.86. The zero-order chi connectivity index (χ0) is 19.4. The highest BCUT2D eigenvalue weighted by Crippen LogP contribution is 2.40. The van der Waals surface area contributed by atoms with Gasteiger partial charge in [0.05, 0.1) is 12.0 Å². The van der Waals surface area contributed by atoms with E-state index < -0.39 is 0 Å². The molecule has 1 aromatic rings. The molecule has 154 valence electrons. The van der Waals surface area contributed by atoms with E-state index in [2.05, 4.69) is 20.4 Å². The molecule has 0 radical (unpaired) electrons. The van der Waals surface area contributed by atoms with Crippen molar-refractivity contribution in [2.24, 2.45) is 11.3 Å². The van der Waals surface area contributed by atoms with Crippen molar-refractivity contribution in [1.82, 2.24) is 30.0 Å². The van der Waals surface area contributed by atoms with Gasteiger partial charge in [-0.25, -0.2) is 4.68 Å². The number of aromatic nitrogens is 4. The summed E-state index contributed by atoms with van der Waals surface area (Å²) in [6.07, 6.45) is 12.6. The number of rotatable bonds is 6. The van der Waals surface area contributed by atoms with Gasteiger partial charge in [0.15, 0.2) is 0 Å². The predicted octanol–water partition coefficient (Wildman–Crippen LogP) is 1.87. The van der Waals surface area contributed by atoms with E-state index in [9.17, 15) is 9.59 Å². The summed E-state index contributed by atoms with van der Waals surface area (Å²) < 4.78 is 1.57. The quantitative estimate of drug-likeness (QED) is 0.743. The molecule has 4 rings (SSSR count). The van der Waals surface area contributed by atoms with Crippen molar-refractivity contribution in [2.75, 3.05) is 26.2 Å². The van der Waals surface area contributed by atoms with Crippen LogP contribution in [0, 0.1) is 11.3 Å². The number of likely N-dealkylation sites (tertiary alicyclic amines) is 2. The lowest BCUT2D eigenvalue weighted by molar-refractivity contribution is -0.146. The molecule has 2 amide bonds. The third-order valence-electron chi connectivity index (χ3n) is 7.01. The molecule has 0 aromatic carbocycles. The number of nitrogens with zero attached hydrogens (tertiary/aromatic N) is 6. The fourth-order valence-electron chi connectivity index (χ4n) is 5.29. The lowest BCUT2D eigenvalue weighted by atomic mass is 9.78. The molecule has 1 aromatic heterocycles. The van der Waals surface area contributed by atoms with E-state index >= 15 is 0 Å². The van der Waals surface area contributed by atoms with E-state index in [1.807, 2.05) is 4.90 Å². The normalized spacial score (nSPS) is 26.4. The molecule has 1 saturated carbocycles. The van der Waals surface area contributed by atoms with Crippen LogP contribution in [-0.4, -0.2) is 68.0 Å². The summed E-state index contributed by atoms with van der Waals surface area (Å²) in [5, 5.41) is 11.0. The maximum absolute atomic E-state index is 13.3. The van der Waals surface area contributed by atoms with Gasteiger partial charge in [0.2, 0.25) is 11.8 Å². The smallest absolute Gasteiger partial charge is 0.230 e. The fourth-order valence-corrected chi connectivity index (χ4v) is 5.29. The lowest BCUT2D eigenvalue weighted by Crippen LogP contribution is -2.50. The summed E-state index contributed by atoms with van der Waals surface area (Å²) in [5.74, 6) is 1.19.